The molecule has 0 bridgehead atoms. The first-order valence-corrected chi connectivity index (χ1v) is 5.91. The number of anilines is 1. The van der Waals surface area contributed by atoms with Gasteiger partial charge < -0.3 is 0 Å². The summed E-state index contributed by atoms with van der Waals surface area (Å²) in [6, 6.07) is 4.63. The molecule has 6 heteroatoms. The van der Waals surface area contributed by atoms with E-state index >= 15 is 0 Å². The Morgan fingerprint density at radius 1 is 1.37 bits per heavy atom. The zero-order valence-electron chi connectivity index (χ0n) is 10.5. The van der Waals surface area contributed by atoms with Gasteiger partial charge in [0.05, 0.1) is 17.2 Å². The van der Waals surface area contributed by atoms with Gasteiger partial charge in [-0.15, -0.1) is 0 Å². The average Bonchev–Trinajstić information content (AvgIpc) is 2.63. The van der Waals surface area contributed by atoms with Gasteiger partial charge in [-0.05, 0) is 31.5 Å². The minimum absolute atomic E-state index is 0.148. The molecule has 102 valence electrons. The third-order valence-corrected chi connectivity index (χ3v) is 3.10. The quantitative estimate of drug-likeness (QED) is 0.810. The van der Waals surface area contributed by atoms with Crippen molar-refractivity contribution in [2.75, 3.05) is 5.01 Å². The van der Waals surface area contributed by atoms with Gasteiger partial charge >= 0.3 is 6.18 Å². The molecule has 0 radical (unpaired) electrons. The molecule has 1 aromatic carbocycles. The number of rotatable bonds is 2. The number of carbonyl (C=O) groups excluding carboxylic acids is 1. The highest BCUT2D eigenvalue weighted by Gasteiger charge is 2.35. The number of nitrogens with zero attached hydrogens (tertiary/aromatic N) is 2. The maximum atomic E-state index is 12.6. The number of hydrogen-bond acceptors (Lipinski definition) is 2. The number of amides is 1. The van der Waals surface area contributed by atoms with Crippen LogP contribution in [0, 0.1) is 5.92 Å². The summed E-state index contributed by atoms with van der Waals surface area (Å²) in [5.74, 6) is -0.617. The predicted molar refractivity (Wildman–Crippen MR) is 65.8 cm³/mol. The third-order valence-electron chi connectivity index (χ3n) is 3.10. The summed E-state index contributed by atoms with van der Waals surface area (Å²) in [5.41, 5.74) is -0.00867. The molecule has 1 amide bonds. The van der Waals surface area contributed by atoms with E-state index in [9.17, 15) is 18.0 Å². The molecule has 0 unspecified atom stereocenters. The van der Waals surface area contributed by atoms with Gasteiger partial charge in [-0.2, -0.15) is 18.3 Å². The van der Waals surface area contributed by atoms with E-state index in [0.29, 0.717) is 12.1 Å². The van der Waals surface area contributed by atoms with Crippen molar-refractivity contribution in [3.05, 3.63) is 29.8 Å². The van der Waals surface area contributed by atoms with Crippen LogP contribution in [0.25, 0.3) is 0 Å². The van der Waals surface area contributed by atoms with Gasteiger partial charge in [-0.1, -0.05) is 13.0 Å². The van der Waals surface area contributed by atoms with Crippen molar-refractivity contribution in [2.45, 2.75) is 26.4 Å². The predicted octanol–water partition coefficient (Wildman–Crippen LogP) is 3.45. The molecule has 1 atom stereocenters. The molecule has 0 saturated heterocycles. The first-order valence-electron chi connectivity index (χ1n) is 5.91. The Labute approximate surface area is 108 Å². The number of hydrazone groups is 1. The van der Waals surface area contributed by atoms with Gasteiger partial charge in [0, 0.05) is 5.71 Å². The normalized spacial score (nSPS) is 19.8. The third kappa shape index (κ3) is 2.47. The summed E-state index contributed by atoms with van der Waals surface area (Å²) < 4.78 is 37.9. The van der Waals surface area contributed by atoms with Crippen LogP contribution >= 0.6 is 0 Å². The summed E-state index contributed by atoms with van der Waals surface area (Å²) in [6.07, 6.45) is -3.84. The van der Waals surface area contributed by atoms with Crippen molar-refractivity contribution in [1.29, 1.82) is 0 Å². The van der Waals surface area contributed by atoms with Crippen molar-refractivity contribution in [3.8, 4) is 0 Å². The van der Waals surface area contributed by atoms with E-state index in [-0.39, 0.29) is 17.5 Å². The van der Waals surface area contributed by atoms with Gasteiger partial charge in [0.25, 0.3) is 5.91 Å². The smallest absolute Gasteiger partial charge is 0.272 e. The Hall–Kier alpha value is -1.85. The number of hydrogen-bond donors (Lipinski definition) is 0. The Morgan fingerprint density at radius 2 is 2.05 bits per heavy atom. The standard InChI is InChI=1S/C13H13F3N2O/c1-3-11-8(2)17-18(12(11)19)10-6-4-5-9(7-10)13(14,15)16/h4-7,11H,3H2,1-2H3/t11-/m0/s1. The molecule has 0 fully saturated rings. The number of benzene rings is 1. The van der Waals surface area contributed by atoms with E-state index in [0.717, 1.165) is 17.1 Å². The monoisotopic (exact) mass is 270 g/mol. The number of halogens is 3. The largest absolute Gasteiger partial charge is 0.416 e. The van der Waals surface area contributed by atoms with Crippen LogP contribution in [0.3, 0.4) is 0 Å². The number of alkyl halides is 3. The Kier molecular flexibility index (Phi) is 3.34. The lowest BCUT2D eigenvalue weighted by Crippen LogP contribution is -2.26. The maximum absolute atomic E-state index is 12.6. The Morgan fingerprint density at radius 3 is 2.58 bits per heavy atom. The van der Waals surface area contributed by atoms with E-state index in [1.54, 1.807) is 6.92 Å². The molecule has 0 aliphatic carbocycles. The molecule has 19 heavy (non-hydrogen) atoms. The fraction of sp³-hybridized carbons (Fsp3) is 0.385. The second kappa shape index (κ2) is 4.68. The summed E-state index contributed by atoms with van der Waals surface area (Å²) in [7, 11) is 0. The molecule has 1 aromatic rings. The molecule has 0 aromatic heterocycles. The van der Waals surface area contributed by atoms with Crippen LogP contribution < -0.4 is 5.01 Å². The summed E-state index contributed by atoms with van der Waals surface area (Å²) in [4.78, 5) is 12.0. The van der Waals surface area contributed by atoms with Crippen molar-refractivity contribution >= 4 is 17.3 Å². The van der Waals surface area contributed by atoms with E-state index < -0.39 is 11.7 Å². The molecule has 1 aliphatic rings. The molecule has 2 rings (SSSR count). The maximum Gasteiger partial charge on any atom is 0.416 e. The molecule has 1 aliphatic heterocycles. The van der Waals surface area contributed by atoms with Crippen LogP contribution in [0.4, 0.5) is 18.9 Å². The molecule has 0 spiro atoms. The fourth-order valence-corrected chi connectivity index (χ4v) is 2.07. The minimum Gasteiger partial charge on any atom is -0.272 e. The Balaban J connectivity index is 2.37. The van der Waals surface area contributed by atoms with E-state index in [2.05, 4.69) is 5.10 Å². The van der Waals surface area contributed by atoms with Gasteiger partial charge in [-0.25, -0.2) is 5.01 Å². The molecule has 1 heterocycles. The van der Waals surface area contributed by atoms with Crippen LogP contribution in [0.5, 0.6) is 0 Å². The van der Waals surface area contributed by atoms with Crippen LogP contribution in [0.2, 0.25) is 0 Å². The van der Waals surface area contributed by atoms with Crippen LogP contribution in [-0.4, -0.2) is 11.6 Å². The molecule has 0 saturated carbocycles. The first kappa shape index (κ1) is 13.6. The topological polar surface area (TPSA) is 32.7 Å². The summed E-state index contributed by atoms with van der Waals surface area (Å²) in [6.45, 7) is 3.55. The van der Waals surface area contributed by atoms with E-state index in [1.807, 2.05) is 6.92 Å². The second-order valence-electron chi connectivity index (χ2n) is 4.40. The van der Waals surface area contributed by atoms with Crippen molar-refractivity contribution in [2.24, 2.45) is 11.0 Å². The highest BCUT2D eigenvalue weighted by atomic mass is 19.4. The van der Waals surface area contributed by atoms with Crippen molar-refractivity contribution in [3.63, 3.8) is 0 Å². The molecular formula is C13H13F3N2O. The molecule has 3 nitrogen and oxygen atoms in total. The molecule has 0 N–H and O–H groups in total. The lowest BCUT2D eigenvalue weighted by molar-refractivity contribution is -0.137. The fourth-order valence-electron chi connectivity index (χ4n) is 2.07. The van der Waals surface area contributed by atoms with E-state index in [1.165, 1.54) is 12.1 Å². The van der Waals surface area contributed by atoms with Crippen LogP contribution in [0.1, 0.15) is 25.8 Å². The van der Waals surface area contributed by atoms with Gasteiger partial charge in [0.15, 0.2) is 0 Å². The van der Waals surface area contributed by atoms with Crippen molar-refractivity contribution in [1.82, 2.24) is 0 Å². The van der Waals surface area contributed by atoms with E-state index in [4.69, 9.17) is 0 Å². The summed E-state index contributed by atoms with van der Waals surface area (Å²) in [5, 5.41) is 5.10. The highest BCUT2D eigenvalue weighted by molar-refractivity contribution is 6.14. The molecular weight excluding hydrogens is 257 g/mol. The van der Waals surface area contributed by atoms with Crippen molar-refractivity contribution < 1.29 is 18.0 Å². The average molecular weight is 270 g/mol. The first-order chi connectivity index (χ1) is 8.84. The van der Waals surface area contributed by atoms with Gasteiger partial charge in [0.1, 0.15) is 0 Å². The zero-order chi connectivity index (χ0) is 14.2. The van der Waals surface area contributed by atoms with Gasteiger partial charge in [0.2, 0.25) is 0 Å². The van der Waals surface area contributed by atoms with Crippen LogP contribution in [0.15, 0.2) is 29.4 Å². The number of carbonyl (C=O) groups is 1. The minimum atomic E-state index is -4.43. The van der Waals surface area contributed by atoms with Crippen LogP contribution in [-0.2, 0) is 11.0 Å². The lowest BCUT2D eigenvalue weighted by Gasteiger charge is -2.15. The summed E-state index contributed by atoms with van der Waals surface area (Å²) >= 11 is 0. The van der Waals surface area contributed by atoms with Gasteiger partial charge in [-0.3, -0.25) is 4.79 Å². The Bertz CT molecular complexity index is 537. The SMILES string of the molecule is CC[C@@H]1C(=O)N(c2cccc(C(F)(F)F)c2)N=C1C. The highest BCUT2D eigenvalue weighted by Crippen LogP contribution is 2.33. The zero-order valence-corrected chi connectivity index (χ0v) is 10.5. The second-order valence-corrected chi connectivity index (χ2v) is 4.40. The lowest BCUT2D eigenvalue weighted by atomic mass is 10.0.